The summed E-state index contributed by atoms with van der Waals surface area (Å²) in [4.78, 5) is 6.09. The second-order valence-corrected chi connectivity index (χ2v) is 6.03. The van der Waals surface area contributed by atoms with Gasteiger partial charge in [-0.25, -0.2) is 9.37 Å². The molecule has 2 aromatic rings. The van der Waals surface area contributed by atoms with Crippen molar-refractivity contribution in [3.8, 4) is 11.8 Å². The highest BCUT2D eigenvalue weighted by atomic mass is 35.5. The van der Waals surface area contributed by atoms with Gasteiger partial charge in [-0.2, -0.15) is 0 Å². The van der Waals surface area contributed by atoms with Gasteiger partial charge in [-0.05, 0) is 48.7 Å². The molecule has 0 aliphatic carbocycles. The average molecular weight is 315 g/mol. The topological polar surface area (TPSA) is 16.1 Å². The minimum Gasteiger partial charge on any atom is -0.367 e. The molecule has 1 aromatic carbocycles. The smallest absolute Gasteiger partial charge is 0.190 e. The van der Waals surface area contributed by atoms with Gasteiger partial charge in [0.25, 0.3) is 0 Å². The fraction of sp³-hybridized carbons (Fsp3) is 0.278. The number of alkyl halides is 1. The lowest BCUT2D eigenvalue weighted by atomic mass is 10.1. The van der Waals surface area contributed by atoms with Crippen LogP contribution in [0.2, 0.25) is 5.02 Å². The number of anilines is 1. The van der Waals surface area contributed by atoms with E-state index in [2.05, 4.69) is 16.8 Å². The van der Waals surface area contributed by atoms with Crippen LogP contribution in [0.15, 0.2) is 42.6 Å². The van der Waals surface area contributed by atoms with Crippen LogP contribution in [0.25, 0.3) is 0 Å². The van der Waals surface area contributed by atoms with E-state index in [4.69, 9.17) is 11.6 Å². The standard InChI is InChI=1S/C18H16ClFN2/c1-14-10-15(19)12-17(11-14)22-9-7-18(20,13-22)6-5-16-4-2-3-8-21-16/h2-4,8,10-12H,7,9,13H2,1H3. The Morgan fingerprint density at radius 1 is 1.32 bits per heavy atom. The van der Waals surface area contributed by atoms with Gasteiger partial charge in [0.05, 0.1) is 6.54 Å². The SMILES string of the molecule is Cc1cc(Cl)cc(N2CCC(F)(C#Cc3ccccn3)C2)c1. The zero-order valence-corrected chi connectivity index (χ0v) is 13.1. The van der Waals surface area contributed by atoms with Gasteiger partial charge in [-0.15, -0.1) is 0 Å². The van der Waals surface area contributed by atoms with Crippen LogP contribution in [-0.2, 0) is 0 Å². The van der Waals surface area contributed by atoms with Crippen molar-refractivity contribution in [2.75, 3.05) is 18.0 Å². The summed E-state index contributed by atoms with van der Waals surface area (Å²) in [6.45, 7) is 2.87. The molecule has 0 spiro atoms. The monoisotopic (exact) mass is 314 g/mol. The maximum Gasteiger partial charge on any atom is 0.190 e. The van der Waals surface area contributed by atoms with Crippen molar-refractivity contribution in [1.82, 2.24) is 4.98 Å². The van der Waals surface area contributed by atoms with Gasteiger partial charge in [-0.1, -0.05) is 23.6 Å². The molecule has 1 aromatic heterocycles. The number of hydrogen-bond acceptors (Lipinski definition) is 2. The second kappa shape index (κ2) is 5.98. The number of benzene rings is 1. The van der Waals surface area contributed by atoms with E-state index >= 15 is 0 Å². The minimum absolute atomic E-state index is 0.257. The fourth-order valence-corrected chi connectivity index (χ4v) is 2.89. The second-order valence-electron chi connectivity index (χ2n) is 5.59. The van der Waals surface area contributed by atoms with Crippen LogP contribution in [0.5, 0.6) is 0 Å². The molecular formula is C18H16ClFN2. The van der Waals surface area contributed by atoms with Crippen molar-refractivity contribution < 1.29 is 4.39 Å². The first-order chi connectivity index (χ1) is 10.5. The minimum atomic E-state index is -1.51. The summed E-state index contributed by atoms with van der Waals surface area (Å²) >= 11 is 6.08. The highest BCUT2D eigenvalue weighted by molar-refractivity contribution is 6.30. The quantitative estimate of drug-likeness (QED) is 0.739. The zero-order valence-electron chi connectivity index (χ0n) is 12.3. The Morgan fingerprint density at radius 2 is 2.18 bits per heavy atom. The summed E-state index contributed by atoms with van der Waals surface area (Å²) in [6, 6.07) is 11.2. The van der Waals surface area contributed by atoms with Crippen LogP contribution in [0, 0.1) is 18.8 Å². The molecular weight excluding hydrogens is 299 g/mol. The lowest BCUT2D eigenvalue weighted by molar-refractivity contribution is 0.274. The molecule has 1 atom stereocenters. The summed E-state index contributed by atoms with van der Waals surface area (Å²) in [5.74, 6) is 5.58. The van der Waals surface area contributed by atoms with E-state index in [-0.39, 0.29) is 6.54 Å². The number of nitrogens with zero attached hydrogens (tertiary/aromatic N) is 2. The molecule has 22 heavy (non-hydrogen) atoms. The molecule has 4 heteroatoms. The summed E-state index contributed by atoms with van der Waals surface area (Å²) in [5.41, 5.74) is 1.10. The third-order valence-electron chi connectivity index (χ3n) is 3.69. The largest absolute Gasteiger partial charge is 0.367 e. The number of rotatable bonds is 1. The van der Waals surface area contributed by atoms with Crippen molar-refractivity contribution in [1.29, 1.82) is 0 Å². The summed E-state index contributed by atoms with van der Waals surface area (Å²) < 4.78 is 14.9. The molecule has 2 heterocycles. The number of aromatic nitrogens is 1. The normalized spacial score (nSPS) is 20.6. The molecule has 1 saturated heterocycles. The molecule has 0 bridgehead atoms. The molecule has 0 amide bonds. The summed E-state index contributed by atoms with van der Waals surface area (Å²) in [6.07, 6.45) is 2.04. The van der Waals surface area contributed by atoms with Crippen molar-refractivity contribution >= 4 is 17.3 Å². The maximum atomic E-state index is 14.9. The first-order valence-corrected chi connectivity index (χ1v) is 7.57. The molecule has 1 unspecified atom stereocenters. The highest BCUT2D eigenvalue weighted by Gasteiger charge is 2.37. The number of hydrogen-bond donors (Lipinski definition) is 0. The fourth-order valence-electron chi connectivity index (χ4n) is 2.61. The summed E-state index contributed by atoms with van der Waals surface area (Å²) in [5, 5.41) is 0.672. The molecule has 1 aliphatic rings. The van der Waals surface area contributed by atoms with Crippen LogP contribution in [0.3, 0.4) is 0 Å². The molecule has 3 rings (SSSR count). The number of aryl methyl sites for hydroxylation is 1. The highest BCUT2D eigenvalue weighted by Crippen LogP contribution is 2.31. The average Bonchev–Trinajstić information content (AvgIpc) is 2.89. The third kappa shape index (κ3) is 3.40. The van der Waals surface area contributed by atoms with E-state index in [1.165, 1.54) is 0 Å². The maximum absolute atomic E-state index is 14.9. The Bertz CT molecular complexity index is 715. The number of pyridine rings is 1. The van der Waals surface area contributed by atoms with E-state index in [1.54, 1.807) is 12.3 Å². The van der Waals surface area contributed by atoms with Crippen LogP contribution < -0.4 is 4.90 Å². The van der Waals surface area contributed by atoms with Crippen molar-refractivity contribution in [3.63, 3.8) is 0 Å². The molecule has 0 N–H and O–H groups in total. The third-order valence-corrected chi connectivity index (χ3v) is 3.91. The van der Waals surface area contributed by atoms with Crippen molar-refractivity contribution in [3.05, 3.63) is 58.9 Å². The van der Waals surface area contributed by atoms with Crippen LogP contribution in [-0.4, -0.2) is 23.7 Å². The molecule has 0 radical (unpaired) electrons. The molecule has 0 saturated carbocycles. The van der Waals surface area contributed by atoms with Gasteiger partial charge < -0.3 is 4.90 Å². The van der Waals surface area contributed by atoms with Gasteiger partial charge in [0.1, 0.15) is 5.69 Å². The molecule has 112 valence electrons. The Balaban J connectivity index is 1.78. The Hall–Kier alpha value is -2.05. The van der Waals surface area contributed by atoms with Crippen molar-refractivity contribution in [2.24, 2.45) is 0 Å². The first kappa shape index (κ1) is 14.9. The molecule has 1 fully saturated rings. The predicted octanol–water partition coefficient (Wildman–Crippen LogP) is 4.01. The van der Waals surface area contributed by atoms with Crippen LogP contribution >= 0.6 is 11.6 Å². The number of halogens is 2. The van der Waals surface area contributed by atoms with E-state index in [9.17, 15) is 4.39 Å². The van der Waals surface area contributed by atoms with Gasteiger partial charge in [-0.3, -0.25) is 0 Å². The zero-order chi connectivity index (χ0) is 15.6. The molecule has 1 aliphatic heterocycles. The predicted molar refractivity (Wildman–Crippen MR) is 88.0 cm³/mol. The van der Waals surface area contributed by atoms with Crippen LogP contribution in [0.4, 0.5) is 10.1 Å². The van der Waals surface area contributed by atoms with Gasteiger partial charge in [0, 0.05) is 29.9 Å². The Morgan fingerprint density at radius 3 is 2.91 bits per heavy atom. The van der Waals surface area contributed by atoms with Crippen molar-refractivity contribution in [2.45, 2.75) is 19.0 Å². The van der Waals surface area contributed by atoms with Gasteiger partial charge >= 0.3 is 0 Å². The molecule has 2 nitrogen and oxygen atoms in total. The van der Waals surface area contributed by atoms with Crippen LogP contribution in [0.1, 0.15) is 17.7 Å². The van der Waals surface area contributed by atoms with Gasteiger partial charge in [0.2, 0.25) is 0 Å². The van der Waals surface area contributed by atoms with E-state index in [0.717, 1.165) is 11.3 Å². The lowest BCUT2D eigenvalue weighted by Gasteiger charge is -2.20. The lowest BCUT2D eigenvalue weighted by Crippen LogP contribution is -2.27. The van der Waals surface area contributed by atoms with E-state index in [0.29, 0.717) is 23.7 Å². The van der Waals surface area contributed by atoms with E-state index in [1.807, 2.05) is 42.2 Å². The Kier molecular flexibility index (Phi) is 4.04. The summed E-state index contributed by atoms with van der Waals surface area (Å²) in [7, 11) is 0. The van der Waals surface area contributed by atoms with E-state index < -0.39 is 5.67 Å². The Labute approximate surface area is 134 Å². The van der Waals surface area contributed by atoms with Gasteiger partial charge in [0.15, 0.2) is 5.67 Å². The first-order valence-electron chi connectivity index (χ1n) is 7.19.